The van der Waals surface area contributed by atoms with Crippen molar-refractivity contribution >= 4 is 11.8 Å². The molecule has 0 saturated carbocycles. The molecule has 0 fully saturated rings. The molecule has 0 bridgehead atoms. The molecule has 4 aromatic rings. The standard InChI is InChI=1S/C15H12N6O2S/c1-10-5-2-3-6-11(10)21-15(18-19-20-21)24-9-13-16-17-14(23-13)12-7-4-8-22-12/h2-8H,9H2,1H3. The van der Waals surface area contributed by atoms with Crippen LogP contribution < -0.4 is 0 Å². The molecule has 0 aliphatic rings. The van der Waals surface area contributed by atoms with Crippen LogP contribution in [0, 0.1) is 6.92 Å². The van der Waals surface area contributed by atoms with Crippen molar-refractivity contribution in [3.63, 3.8) is 0 Å². The lowest BCUT2D eigenvalue weighted by Gasteiger charge is -2.06. The highest BCUT2D eigenvalue weighted by atomic mass is 32.2. The Kier molecular flexibility index (Phi) is 3.83. The van der Waals surface area contributed by atoms with E-state index in [2.05, 4.69) is 25.7 Å². The first-order chi connectivity index (χ1) is 11.8. The molecule has 0 N–H and O–H groups in total. The maximum atomic E-state index is 5.58. The van der Waals surface area contributed by atoms with Crippen LogP contribution in [0.25, 0.3) is 17.3 Å². The summed E-state index contributed by atoms with van der Waals surface area (Å²) < 4.78 is 12.5. The summed E-state index contributed by atoms with van der Waals surface area (Å²) in [5.74, 6) is 1.84. The zero-order valence-corrected chi connectivity index (χ0v) is 13.5. The van der Waals surface area contributed by atoms with Gasteiger partial charge >= 0.3 is 0 Å². The molecule has 8 nitrogen and oxygen atoms in total. The Morgan fingerprint density at radius 3 is 2.83 bits per heavy atom. The van der Waals surface area contributed by atoms with E-state index in [9.17, 15) is 0 Å². The van der Waals surface area contributed by atoms with Gasteiger partial charge in [0, 0.05) is 0 Å². The highest BCUT2D eigenvalue weighted by Crippen LogP contribution is 2.25. The smallest absolute Gasteiger partial charge is 0.283 e. The summed E-state index contributed by atoms with van der Waals surface area (Å²) in [6.07, 6.45) is 1.56. The fourth-order valence-electron chi connectivity index (χ4n) is 2.16. The van der Waals surface area contributed by atoms with Crippen molar-refractivity contribution in [3.05, 3.63) is 54.1 Å². The van der Waals surface area contributed by atoms with Gasteiger partial charge in [-0.2, -0.15) is 4.68 Å². The molecule has 0 amide bonds. The number of aromatic nitrogens is 6. The van der Waals surface area contributed by atoms with Crippen LogP contribution in [0.3, 0.4) is 0 Å². The van der Waals surface area contributed by atoms with E-state index >= 15 is 0 Å². The third kappa shape index (κ3) is 2.81. The summed E-state index contributed by atoms with van der Waals surface area (Å²) >= 11 is 1.42. The molecule has 1 aromatic carbocycles. The molecule has 0 radical (unpaired) electrons. The fourth-order valence-corrected chi connectivity index (χ4v) is 2.88. The zero-order chi connectivity index (χ0) is 16.4. The van der Waals surface area contributed by atoms with E-state index in [0.29, 0.717) is 28.5 Å². The van der Waals surface area contributed by atoms with Crippen LogP contribution in [0.4, 0.5) is 0 Å². The van der Waals surface area contributed by atoms with E-state index in [1.807, 2.05) is 31.2 Å². The second-order valence-electron chi connectivity index (χ2n) is 4.93. The predicted octanol–water partition coefficient (Wildman–Crippen LogP) is 2.91. The lowest BCUT2D eigenvalue weighted by Crippen LogP contribution is -2.01. The third-order valence-electron chi connectivity index (χ3n) is 3.31. The summed E-state index contributed by atoms with van der Waals surface area (Å²) in [5.41, 5.74) is 2.02. The minimum absolute atomic E-state index is 0.356. The monoisotopic (exact) mass is 340 g/mol. The van der Waals surface area contributed by atoms with Crippen molar-refractivity contribution in [2.75, 3.05) is 0 Å². The summed E-state index contributed by atoms with van der Waals surface area (Å²) in [6, 6.07) is 11.4. The van der Waals surface area contributed by atoms with Crippen LogP contribution in [0.2, 0.25) is 0 Å². The van der Waals surface area contributed by atoms with Gasteiger partial charge in [-0.3, -0.25) is 0 Å². The number of para-hydroxylation sites is 1. The third-order valence-corrected chi connectivity index (χ3v) is 4.21. The van der Waals surface area contributed by atoms with Crippen LogP contribution >= 0.6 is 11.8 Å². The maximum absolute atomic E-state index is 5.58. The van der Waals surface area contributed by atoms with Crippen molar-refractivity contribution in [1.29, 1.82) is 0 Å². The number of hydrogen-bond acceptors (Lipinski definition) is 8. The summed E-state index contributed by atoms with van der Waals surface area (Å²) in [6.45, 7) is 2.01. The van der Waals surface area contributed by atoms with Gasteiger partial charge in [0.1, 0.15) is 0 Å². The van der Waals surface area contributed by atoms with Gasteiger partial charge in [-0.1, -0.05) is 30.0 Å². The Balaban J connectivity index is 1.52. The highest BCUT2D eigenvalue weighted by Gasteiger charge is 2.14. The molecule has 0 aliphatic heterocycles. The fraction of sp³-hybridized carbons (Fsp3) is 0.133. The van der Waals surface area contributed by atoms with Crippen LogP contribution in [0.5, 0.6) is 0 Å². The van der Waals surface area contributed by atoms with Crippen molar-refractivity contribution in [3.8, 4) is 17.3 Å². The Bertz CT molecular complexity index is 946. The molecule has 0 unspecified atom stereocenters. The molecule has 24 heavy (non-hydrogen) atoms. The number of nitrogens with zero attached hydrogens (tertiary/aromatic N) is 6. The van der Waals surface area contributed by atoms with E-state index in [4.69, 9.17) is 8.83 Å². The van der Waals surface area contributed by atoms with Crippen molar-refractivity contribution in [2.24, 2.45) is 0 Å². The van der Waals surface area contributed by atoms with Crippen LogP contribution in [0.15, 0.2) is 56.7 Å². The second kappa shape index (κ2) is 6.28. The van der Waals surface area contributed by atoms with Crippen LogP contribution in [-0.2, 0) is 5.75 Å². The lowest BCUT2D eigenvalue weighted by atomic mass is 10.2. The molecule has 0 atom stereocenters. The first kappa shape index (κ1) is 14.6. The van der Waals surface area contributed by atoms with Gasteiger partial charge in [0.15, 0.2) is 5.76 Å². The minimum atomic E-state index is 0.356. The summed E-state index contributed by atoms with van der Waals surface area (Å²) in [4.78, 5) is 0. The topological polar surface area (TPSA) is 95.7 Å². The van der Waals surface area contributed by atoms with Crippen molar-refractivity contribution < 1.29 is 8.83 Å². The van der Waals surface area contributed by atoms with E-state index in [1.165, 1.54) is 11.8 Å². The average molecular weight is 340 g/mol. The molecule has 0 spiro atoms. The number of hydrogen-bond donors (Lipinski definition) is 0. The SMILES string of the molecule is Cc1ccccc1-n1nnnc1SCc1nnc(-c2ccco2)o1. The zero-order valence-electron chi connectivity index (χ0n) is 12.7. The molecular weight excluding hydrogens is 328 g/mol. The van der Waals surface area contributed by atoms with Crippen molar-refractivity contribution in [2.45, 2.75) is 17.8 Å². The molecular formula is C15H12N6O2S. The number of thioether (sulfide) groups is 1. The molecule has 9 heteroatoms. The van der Waals surface area contributed by atoms with Gasteiger partial charge in [-0.05, 0) is 41.1 Å². The number of furan rings is 1. The molecule has 0 aliphatic carbocycles. The average Bonchev–Trinajstić information content (AvgIpc) is 3.34. The normalized spacial score (nSPS) is 11.0. The number of tetrazole rings is 1. The maximum Gasteiger partial charge on any atom is 0.283 e. The van der Waals surface area contributed by atoms with E-state index in [1.54, 1.807) is 23.1 Å². The number of aryl methyl sites for hydroxylation is 1. The first-order valence-corrected chi connectivity index (χ1v) is 8.13. The van der Waals surface area contributed by atoms with Gasteiger partial charge in [0.2, 0.25) is 11.0 Å². The van der Waals surface area contributed by atoms with Gasteiger partial charge < -0.3 is 8.83 Å². The van der Waals surface area contributed by atoms with Crippen LogP contribution in [0.1, 0.15) is 11.5 Å². The van der Waals surface area contributed by atoms with E-state index < -0.39 is 0 Å². The Morgan fingerprint density at radius 2 is 2.00 bits per heavy atom. The Morgan fingerprint density at radius 1 is 1.08 bits per heavy atom. The molecule has 120 valence electrons. The van der Waals surface area contributed by atoms with Gasteiger partial charge in [0.05, 0.1) is 17.7 Å². The van der Waals surface area contributed by atoms with Gasteiger partial charge in [-0.15, -0.1) is 15.3 Å². The molecule has 3 aromatic heterocycles. The first-order valence-electron chi connectivity index (χ1n) is 7.15. The Hall–Kier alpha value is -2.94. The van der Waals surface area contributed by atoms with Crippen molar-refractivity contribution in [1.82, 2.24) is 30.4 Å². The van der Waals surface area contributed by atoms with Crippen LogP contribution in [-0.4, -0.2) is 30.4 Å². The number of benzene rings is 1. The molecule has 3 heterocycles. The predicted molar refractivity (Wildman–Crippen MR) is 85.5 cm³/mol. The van der Waals surface area contributed by atoms with E-state index in [0.717, 1.165) is 11.3 Å². The van der Waals surface area contributed by atoms with Gasteiger partial charge in [-0.25, -0.2) is 0 Å². The lowest BCUT2D eigenvalue weighted by molar-refractivity contribution is 0.494. The van der Waals surface area contributed by atoms with Gasteiger partial charge in [0.25, 0.3) is 5.89 Å². The molecule has 0 saturated heterocycles. The number of rotatable bonds is 5. The van der Waals surface area contributed by atoms with E-state index in [-0.39, 0.29) is 0 Å². The summed E-state index contributed by atoms with van der Waals surface area (Å²) in [7, 11) is 0. The quantitative estimate of drug-likeness (QED) is 0.512. The second-order valence-corrected chi connectivity index (χ2v) is 5.87. The largest absolute Gasteiger partial charge is 0.459 e. The summed E-state index contributed by atoms with van der Waals surface area (Å²) in [5, 5.41) is 20.5. The molecule has 4 rings (SSSR count). The Labute approximate surface area is 140 Å². The minimum Gasteiger partial charge on any atom is -0.459 e. The highest BCUT2D eigenvalue weighted by molar-refractivity contribution is 7.98.